The van der Waals surface area contributed by atoms with Crippen molar-refractivity contribution in [3.63, 3.8) is 0 Å². The largest absolute Gasteiger partial charge is 0.497 e. The second-order valence-electron chi connectivity index (χ2n) is 9.31. The number of likely N-dealkylation sites (tertiary alicyclic amines) is 1. The summed E-state index contributed by atoms with van der Waals surface area (Å²) >= 11 is 6.52. The van der Waals surface area contributed by atoms with E-state index < -0.39 is 5.41 Å². The number of pyridine rings is 2. The van der Waals surface area contributed by atoms with E-state index in [1.807, 2.05) is 42.0 Å². The third-order valence-corrected chi connectivity index (χ3v) is 7.57. The number of nitrogens with one attached hydrogen (secondary N) is 1. The van der Waals surface area contributed by atoms with E-state index in [9.17, 15) is 10.0 Å². The van der Waals surface area contributed by atoms with E-state index >= 15 is 0 Å². The predicted molar refractivity (Wildman–Crippen MR) is 137 cm³/mol. The zero-order valence-corrected chi connectivity index (χ0v) is 20.9. The summed E-state index contributed by atoms with van der Waals surface area (Å²) in [6.07, 6.45) is 9.14. The summed E-state index contributed by atoms with van der Waals surface area (Å²) in [6, 6.07) is 11.8. The minimum absolute atomic E-state index is 0.280. The second-order valence-corrected chi connectivity index (χ2v) is 9.72. The maximum atomic E-state index is 12.8. The Morgan fingerprint density at radius 1 is 1.17 bits per heavy atom. The van der Waals surface area contributed by atoms with Gasteiger partial charge >= 0.3 is 0 Å². The summed E-state index contributed by atoms with van der Waals surface area (Å²) in [6.45, 7) is 2.66. The summed E-state index contributed by atoms with van der Waals surface area (Å²) in [5.41, 5.74) is 4.36. The first-order valence-corrected chi connectivity index (χ1v) is 12.6. The quantitative estimate of drug-likeness (QED) is 0.308. The van der Waals surface area contributed by atoms with E-state index in [2.05, 4.69) is 20.9 Å². The molecule has 1 aromatic carbocycles. The number of hydroxylamine groups is 1. The predicted octanol–water partition coefficient (Wildman–Crippen LogP) is 4.83. The molecule has 0 aliphatic carbocycles. The molecule has 0 unspecified atom stereocenters. The van der Waals surface area contributed by atoms with Gasteiger partial charge in [0.25, 0.3) is 0 Å². The fourth-order valence-corrected chi connectivity index (χ4v) is 5.38. The lowest BCUT2D eigenvalue weighted by Gasteiger charge is -2.40. The van der Waals surface area contributed by atoms with Crippen LogP contribution in [0.3, 0.4) is 0 Å². The first-order chi connectivity index (χ1) is 17.0. The van der Waals surface area contributed by atoms with Crippen LogP contribution in [-0.2, 0) is 17.6 Å². The molecule has 4 rings (SSSR count). The zero-order chi connectivity index (χ0) is 24.7. The fourth-order valence-electron chi connectivity index (χ4n) is 5.13. The van der Waals surface area contributed by atoms with Gasteiger partial charge in [0, 0.05) is 23.5 Å². The SMILES string of the molecule is COc1ccc2ncc(Cl)c(CCCC3(C(=O)NO)CCN(CCCc4ccccn4)CC3)c2c1. The number of fused-ring (bicyclic) bond motifs is 1. The molecule has 0 bridgehead atoms. The molecule has 7 nitrogen and oxygen atoms in total. The molecule has 1 aliphatic heterocycles. The Morgan fingerprint density at radius 3 is 2.71 bits per heavy atom. The number of amides is 1. The van der Waals surface area contributed by atoms with Crippen molar-refractivity contribution in [3.8, 4) is 5.75 Å². The van der Waals surface area contributed by atoms with Gasteiger partial charge in [0.2, 0.25) is 5.91 Å². The molecule has 3 aromatic rings. The van der Waals surface area contributed by atoms with E-state index in [0.717, 1.165) is 86.1 Å². The third kappa shape index (κ3) is 6.10. The molecule has 0 saturated carbocycles. The molecule has 8 heteroatoms. The molecule has 0 spiro atoms. The van der Waals surface area contributed by atoms with Crippen LogP contribution < -0.4 is 10.2 Å². The molecule has 2 aromatic heterocycles. The minimum atomic E-state index is -0.570. The number of aromatic nitrogens is 2. The Labute approximate surface area is 211 Å². The van der Waals surface area contributed by atoms with Gasteiger partial charge in [0.1, 0.15) is 5.75 Å². The van der Waals surface area contributed by atoms with Gasteiger partial charge in [0.15, 0.2) is 0 Å². The van der Waals surface area contributed by atoms with Crippen LogP contribution in [0.2, 0.25) is 5.02 Å². The molecule has 0 atom stereocenters. The van der Waals surface area contributed by atoms with E-state index in [4.69, 9.17) is 16.3 Å². The van der Waals surface area contributed by atoms with Gasteiger partial charge in [-0.25, -0.2) is 5.48 Å². The first-order valence-electron chi connectivity index (χ1n) is 12.2. The standard InChI is InChI=1S/C27H33ClN4O3/c1-35-21-9-10-25-23(18-21)22(24(28)19-30-25)8-4-11-27(26(33)31-34)12-16-32(17-13-27)15-5-7-20-6-2-3-14-29-20/h2-3,6,9-10,14,18-19,34H,4-5,7-8,11-13,15-17H2,1H3,(H,31,33). The van der Waals surface area contributed by atoms with Gasteiger partial charge in [-0.05, 0) is 100 Å². The van der Waals surface area contributed by atoms with E-state index in [1.54, 1.807) is 13.3 Å². The molecule has 2 N–H and O–H groups in total. The van der Waals surface area contributed by atoms with Gasteiger partial charge in [-0.1, -0.05) is 17.7 Å². The van der Waals surface area contributed by atoms with Crippen LogP contribution in [-0.4, -0.2) is 52.7 Å². The van der Waals surface area contributed by atoms with Crippen LogP contribution >= 0.6 is 11.6 Å². The van der Waals surface area contributed by atoms with Crippen LogP contribution in [0.4, 0.5) is 0 Å². The monoisotopic (exact) mass is 496 g/mol. The lowest BCUT2D eigenvalue weighted by Crippen LogP contribution is -2.48. The highest BCUT2D eigenvalue weighted by Gasteiger charge is 2.40. The number of aryl methyl sites for hydroxylation is 2. The number of halogens is 1. The van der Waals surface area contributed by atoms with Crippen molar-refractivity contribution in [3.05, 3.63) is 65.1 Å². The molecule has 1 aliphatic rings. The van der Waals surface area contributed by atoms with Crippen LogP contribution in [0.1, 0.15) is 43.4 Å². The molecule has 1 fully saturated rings. The summed E-state index contributed by atoms with van der Waals surface area (Å²) in [5, 5.41) is 11.1. The Morgan fingerprint density at radius 2 is 2.00 bits per heavy atom. The Kier molecular flexibility index (Phi) is 8.55. The van der Waals surface area contributed by atoms with Crippen LogP contribution in [0, 0.1) is 5.41 Å². The lowest BCUT2D eigenvalue weighted by atomic mass is 9.73. The van der Waals surface area contributed by atoms with Crippen molar-refractivity contribution in [2.45, 2.75) is 44.9 Å². The van der Waals surface area contributed by atoms with E-state index in [1.165, 1.54) is 0 Å². The fraction of sp³-hybridized carbons (Fsp3) is 0.444. The van der Waals surface area contributed by atoms with Crippen molar-refractivity contribution < 1.29 is 14.7 Å². The van der Waals surface area contributed by atoms with Crippen molar-refractivity contribution in [1.29, 1.82) is 0 Å². The molecule has 0 radical (unpaired) electrons. The number of carbonyl (C=O) groups excluding carboxylic acids is 1. The number of ether oxygens (including phenoxy) is 1. The number of rotatable bonds is 10. The van der Waals surface area contributed by atoms with Gasteiger partial charge in [-0.15, -0.1) is 0 Å². The number of nitrogens with zero attached hydrogens (tertiary/aromatic N) is 3. The number of benzene rings is 1. The summed E-state index contributed by atoms with van der Waals surface area (Å²) in [7, 11) is 1.64. The number of hydrogen-bond acceptors (Lipinski definition) is 6. The van der Waals surface area contributed by atoms with Gasteiger partial charge in [-0.3, -0.25) is 20.0 Å². The number of carbonyl (C=O) groups is 1. The topological polar surface area (TPSA) is 87.6 Å². The summed E-state index contributed by atoms with van der Waals surface area (Å²) in [4.78, 5) is 24.0. The summed E-state index contributed by atoms with van der Waals surface area (Å²) in [5.74, 6) is 0.479. The Bertz CT molecular complexity index is 1130. The molecule has 1 amide bonds. The van der Waals surface area contributed by atoms with Crippen LogP contribution in [0.15, 0.2) is 48.8 Å². The van der Waals surface area contributed by atoms with Crippen molar-refractivity contribution >= 4 is 28.4 Å². The lowest BCUT2D eigenvalue weighted by molar-refractivity contribution is -0.143. The molecule has 186 valence electrons. The first kappa shape index (κ1) is 25.4. The van der Waals surface area contributed by atoms with Gasteiger partial charge in [-0.2, -0.15) is 0 Å². The highest BCUT2D eigenvalue weighted by molar-refractivity contribution is 6.32. The average Bonchev–Trinajstić information content (AvgIpc) is 2.90. The van der Waals surface area contributed by atoms with E-state index in [-0.39, 0.29) is 5.91 Å². The molecular weight excluding hydrogens is 464 g/mol. The molecule has 35 heavy (non-hydrogen) atoms. The average molecular weight is 497 g/mol. The number of methoxy groups -OCH3 is 1. The second kappa shape index (κ2) is 11.8. The van der Waals surface area contributed by atoms with Gasteiger partial charge < -0.3 is 9.64 Å². The highest BCUT2D eigenvalue weighted by Crippen LogP contribution is 2.38. The minimum Gasteiger partial charge on any atom is -0.497 e. The van der Waals surface area contributed by atoms with E-state index in [0.29, 0.717) is 11.4 Å². The maximum Gasteiger partial charge on any atom is 0.249 e. The van der Waals surface area contributed by atoms with Gasteiger partial charge in [0.05, 0.1) is 23.1 Å². The van der Waals surface area contributed by atoms with Crippen molar-refractivity contribution in [2.75, 3.05) is 26.7 Å². The normalized spacial score (nSPS) is 15.7. The molecule has 1 saturated heterocycles. The smallest absolute Gasteiger partial charge is 0.249 e. The van der Waals surface area contributed by atoms with Crippen LogP contribution in [0.25, 0.3) is 10.9 Å². The Balaban J connectivity index is 1.36. The Hall–Kier alpha value is -2.74. The zero-order valence-electron chi connectivity index (χ0n) is 20.2. The number of hydrogen-bond donors (Lipinski definition) is 2. The summed E-state index contributed by atoms with van der Waals surface area (Å²) < 4.78 is 5.38. The molecular formula is C27H33ClN4O3. The number of piperidine rings is 1. The van der Waals surface area contributed by atoms with Crippen molar-refractivity contribution in [2.24, 2.45) is 5.41 Å². The third-order valence-electron chi connectivity index (χ3n) is 7.25. The molecule has 3 heterocycles. The maximum absolute atomic E-state index is 12.8. The van der Waals surface area contributed by atoms with Crippen molar-refractivity contribution in [1.82, 2.24) is 20.3 Å². The highest BCUT2D eigenvalue weighted by atomic mass is 35.5. The van der Waals surface area contributed by atoms with Crippen LogP contribution in [0.5, 0.6) is 5.75 Å².